The second-order valence-electron chi connectivity index (χ2n) is 5.31. The van der Waals surface area contributed by atoms with Gasteiger partial charge in [0.05, 0.1) is 5.69 Å². The maximum absolute atomic E-state index is 12.1. The van der Waals surface area contributed by atoms with Crippen LogP contribution < -0.4 is 5.73 Å². The van der Waals surface area contributed by atoms with Gasteiger partial charge >= 0.3 is 0 Å². The average molecular weight is 279 g/mol. The Balaban J connectivity index is 2.07. The Kier molecular flexibility index (Phi) is 3.26. The van der Waals surface area contributed by atoms with Crippen LogP contribution in [0.5, 0.6) is 0 Å². The molecule has 0 aliphatic carbocycles. The fourth-order valence-corrected chi connectivity index (χ4v) is 2.88. The normalized spacial score (nSPS) is 13.5. The topological polar surface area (TPSA) is 60.9 Å². The van der Waals surface area contributed by atoms with Gasteiger partial charge in [0.15, 0.2) is 5.78 Å². The van der Waals surface area contributed by atoms with Crippen molar-refractivity contribution in [3.8, 4) is 11.8 Å². The van der Waals surface area contributed by atoms with Gasteiger partial charge in [-0.05, 0) is 43.9 Å². The summed E-state index contributed by atoms with van der Waals surface area (Å²) in [6.45, 7) is 4.89. The Morgan fingerprint density at radius 3 is 2.81 bits per heavy atom. The predicted molar refractivity (Wildman–Crippen MR) is 82.1 cm³/mol. The van der Waals surface area contributed by atoms with Crippen molar-refractivity contribution in [2.75, 3.05) is 5.73 Å². The van der Waals surface area contributed by atoms with Gasteiger partial charge in [-0.25, -0.2) is 4.98 Å². The number of carbonyl (C=O) groups is 1. The molecule has 3 heterocycles. The summed E-state index contributed by atoms with van der Waals surface area (Å²) in [6, 6.07) is 5.40. The zero-order valence-electron chi connectivity index (χ0n) is 12.2. The molecule has 1 aliphatic rings. The van der Waals surface area contributed by atoms with Gasteiger partial charge in [0, 0.05) is 24.2 Å². The molecule has 106 valence electrons. The molecule has 0 aromatic carbocycles. The van der Waals surface area contributed by atoms with Crippen molar-refractivity contribution in [1.82, 2.24) is 9.55 Å². The number of nitrogens with zero attached hydrogens (tertiary/aromatic N) is 2. The molecule has 0 atom stereocenters. The number of pyridine rings is 1. The van der Waals surface area contributed by atoms with Gasteiger partial charge in [-0.3, -0.25) is 4.79 Å². The minimum absolute atomic E-state index is 0.219. The first-order valence-electron chi connectivity index (χ1n) is 7.05. The molecule has 0 radical (unpaired) electrons. The quantitative estimate of drug-likeness (QED) is 0.754. The van der Waals surface area contributed by atoms with E-state index in [4.69, 9.17) is 5.73 Å². The van der Waals surface area contributed by atoms with E-state index in [9.17, 15) is 4.79 Å². The lowest BCUT2D eigenvalue weighted by molar-refractivity contribution is 0.0954. The molecule has 0 amide bonds. The minimum Gasteiger partial charge on any atom is -0.384 e. The van der Waals surface area contributed by atoms with Gasteiger partial charge in [0.1, 0.15) is 11.5 Å². The van der Waals surface area contributed by atoms with E-state index in [0.717, 1.165) is 35.5 Å². The van der Waals surface area contributed by atoms with Gasteiger partial charge in [-0.1, -0.05) is 12.0 Å². The van der Waals surface area contributed by atoms with Gasteiger partial charge in [-0.15, -0.1) is 0 Å². The largest absolute Gasteiger partial charge is 0.384 e. The highest BCUT2D eigenvalue weighted by molar-refractivity contribution is 5.97. The first-order valence-corrected chi connectivity index (χ1v) is 7.05. The Bertz CT molecular complexity index is 790. The lowest BCUT2D eigenvalue weighted by Crippen LogP contribution is -2.17. The van der Waals surface area contributed by atoms with Crippen LogP contribution in [0.4, 0.5) is 5.82 Å². The van der Waals surface area contributed by atoms with E-state index in [0.29, 0.717) is 17.9 Å². The van der Waals surface area contributed by atoms with E-state index in [1.54, 1.807) is 6.07 Å². The first-order chi connectivity index (χ1) is 10.1. The summed E-state index contributed by atoms with van der Waals surface area (Å²) in [6.07, 6.45) is 1.54. The highest BCUT2D eigenvalue weighted by Crippen LogP contribution is 2.26. The molecule has 0 unspecified atom stereocenters. The minimum atomic E-state index is 0.219. The number of hydrogen-bond donors (Lipinski definition) is 1. The van der Waals surface area contributed by atoms with E-state index in [2.05, 4.69) is 21.4 Å². The Hall–Kier alpha value is -2.54. The molecule has 3 rings (SSSR count). The fourth-order valence-electron chi connectivity index (χ4n) is 2.88. The standard InChI is InChI=1S/C17H17N3O/c1-11-14(9-8-13-5-3-7-16(18)19-13)12(2)20-10-4-6-15(21)17(11)20/h3,5,7H,4,6,10H2,1-2H3,(H2,18,19). The number of nitrogen functional groups attached to an aromatic ring is 1. The third-order valence-electron chi connectivity index (χ3n) is 3.90. The second kappa shape index (κ2) is 5.10. The molecule has 2 aromatic rings. The molecule has 0 fully saturated rings. The van der Waals surface area contributed by atoms with Crippen LogP contribution in [0, 0.1) is 25.7 Å². The molecule has 4 heteroatoms. The number of hydrogen-bond acceptors (Lipinski definition) is 3. The third-order valence-corrected chi connectivity index (χ3v) is 3.90. The number of ketones is 1. The van der Waals surface area contributed by atoms with E-state index in [1.807, 2.05) is 26.0 Å². The number of aromatic nitrogens is 2. The molecule has 21 heavy (non-hydrogen) atoms. The first kappa shape index (κ1) is 13.4. The Morgan fingerprint density at radius 2 is 2.10 bits per heavy atom. The van der Waals surface area contributed by atoms with Crippen LogP contribution >= 0.6 is 0 Å². The fraction of sp³-hybridized carbons (Fsp3) is 0.294. The summed E-state index contributed by atoms with van der Waals surface area (Å²) in [7, 11) is 0. The molecule has 0 bridgehead atoms. The zero-order chi connectivity index (χ0) is 15.0. The van der Waals surface area contributed by atoms with Crippen molar-refractivity contribution >= 4 is 11.6 Å². The van der Waals surface area contributed by atoms with Crippen molar-refractivity contribution in [2.45, 2.75) is 33.2 Å². The van der Waals surface area contributed by atoms with Crippen LogP contribution in [0.15, 0.2) is 18.2 Å². The van der Waals surface area contributed by atoms with Gasteiger partial charge in [-0.2, -0.15) is 0 Å². The van der Waals surface area contributed by atoms with Crippen LogP contribution in [-0.4, -0.2) is 15.3 Å². The maximum atomic E-state index is 12.1. The van der Waals surface area contributed by atoms with Gasteiger partial charge in [0.2, 0.25) is 0 Å². The van der Waals surface area contributed by atoms with Crippen LogP contribution in [0.3, 0.4) is 0 Å². The summed E-state index contributed by atoms with van der Waals surface area (Å²) in [4.78, 5) is 16.3. The zero-order valence-corrected chi connectivity index (χ0v) is 12.2. The molecule has 2 N–H and O–H groups in total. The SMILES string of the molecule is Cc1c(C#Cc2cccc(N)n2)c(C)n2c1C(=O)CCC2. The van der Waals surface area contributed by atoms with Crippen LogP contribution in [0.25, 0.3) is 0 Å². The van der Waals surface area contributed by atoms with Crippen molar-refractivity contribution in [3.63, 3.8) is 0 Å². The summed E-state index contributed by atoms with van der Waals surface area (Å²) in [5.41, 5.74) is 10.1. The number of fused-ring (bicyclic) bond motifs is 1. The number of carbonyl (C=O) groups excluding carboxylic acids is 1. The second-order valence-corrected chi connectivity index (χ2v) is 5.31. The van der Waals surface area contributed by atoms with Crippen molar-refractivity contribution in [1.29, 1.82) is 0 Å². The lowest BCUT2D eigenvalue weighted by Gasteiger charge is -2.15. The van der Waals surface area contributed by atoms with Gasteiger partial charge < -0.3 is 10.3 Å². The van der Waals surface area contributed by atoms with Gasteiger partial charge in [0.25, 0.3) is 0 Å². The lowest BCUT2D eigenvalue weighted by atomic mass is 10.0. The van der Waals surface area contributed by atoms with E-state index >= 15 is 0 Å². The molecule has 2 aromatic heterocycles. The molecular weight excluding hydrogens is 262 g/mol. The predicted octanol–water partition coefficient (Wildman–Crippen LogP) is 2.46. The number of Topliss-reactive ketones (excluding diaryl/α,β-unsaturated/α-hetero) is 1. The van der Waals surface area contributed by atoms with E-state index < -0.39 is 0 Å². The smallest absolute Gasteiger partial charge is 0.179 e. The highest BCUT2D eigenvalue weighted by atomic mass is 16.1. The van der Waals surface area contributed by atoms with E-state index in [-0.39, 0.29) is 5.78 Å². The highest BCUT2D eigenvalue weighted by Gasteiger charge is 2.24. The van der Waals surface area contributed by atoms with Crippen molar-refractivity contribution in [2.24, 2.45) is 0 Å². The number of anilines is 1. The van der Waals surface area contributed by atoms with Crippen LogP contribution in [-0.2, 0) is 6.54 Å². The third kappa shape index (κ3) is 2.31. The Labute approximate surface area is 124 Å². The van der Waals surface area contributed by atoms with Crippen LogP contribution in [0.2, 0.25) is 0 Å². The van der Waals surface area contributed by atoms with Crippen molar-refractivity contribution in [3.05, 3.63) is 46.4 Å². The van der Waals surface area contributed by atoms with E-state index in [1.165, 1.54) is 0 Å². The summed E-state index contributed by atoms with van der Waals surface area (Å²) in [5.74, 6) is 6.88. The summed E-state index contributed by atoms with van der Waals surface area (Å²) >= 11 is 0. The maximum Gasteiger partial charge on any atom is 0.179 e. The number of rotatable bonds is 0. The number of nitrogens with two attached hydrogens (primary N) is 1. The summed E-state index contributed by atoms with van der Waals surface area (Å²) in [5, 5.41) is 0. The van der Waals surface area contributed by atoms with Crippen LogP contribution in [0.1, 0.15) is 45.8 Å². The molecular formula is C17H17N3O. The summed E-state index contributed by atoms with van der Waals surface area (Å²) < 4.78 is 2.10. The molecule has 0 spiro atoms. The monoisotopic (exact) mass is 279 g/mol. The molecule has 0 saturated heterocycles. The van der Waals surface area contributed by atoms with Crippen molar-refractivity contribution < 1.29 is 4.79 Å². The Morgan fingerprint density at radius 1 is 1.29 bits per heavy atom. The average Bonchev–Trinajstić information content (AvgIpc) is 2.70. The molecule has 1 aliphatic heterocycles. The molecule has 4 nitrogen and oxygen atoms in total. The molecule has 0 saturated carbocycles.